The maximum absolute atomic E-state index is 12.0. The number of rotatable bonds is 2. The highest BCUT2D eigenvalue weighted by Crippen LogP contribution is 2.19. The molecule has 3 unspecified atom stereocenters. The Hall–Kier alpha value is -0.610. The minimum atomic E-state index is 0.0752. The van der Waals surface area contributed by atoms with Gasteiger partial charge in [0, 0.05) is 6.04 Å². The highest BCUT2D eigenvalue weighted by atomic mass is 16.5. The molecule has 2 N–H and O–H groups in total. The fourth-order valence-electron chi connectivity index (χ4n) is 2.48. The van der Waals surface area contributed by atoms with Gasteiger partial charge in [-0.3, -0.25) is 4.79 Å². The Morgan fingerprint density at radius 2 is 2.25 bits per heavy atom. The normalized spacial score (nSPS) is 35.7. The van der Waals surface area contributed by atoms with E-state index in [4.69, 9.17) is 4.74 Å². The second-order valence-electron chi connectivity index (χ2n) is 4.96. The van der Waals surface area contributed by atoms with Crippen molar-refractivity contribution in [3.05, 3.63) is 0 Å². The van der Waals surface area contributed by atoms with Gasteiger partial charge in [-0.2, -0.15) is 0 Å². The van der Waals surface area contributed by atoms with E-state index in [-0.39, 0.29) is 17.9 Å². The molecule has 2 heterocycles. The molecule has 92 valence electrons. The van der Waals surface area contributed by atoms with Crippen LogP contribution in [-0.2, 0) is 9.53 Å². The van der Waals surface area contributed by atoms with E-state index in [9.17, 15) is 4.79 Å². The van der Waals surface area contributed by atoms with Gasteiger partial charge in [-0.25, -0.2) is 0 Å². The quantitative estimate of drug-likeness (QED) is 0.727. The summed E-state index contributed by atoms with van der Waals surface area (Å²) in [5.74, 6) is 0.266. The lowest BCUT2D eigenvalue weighted by Gasteiger charge is -2.18. The molecule has 0 saturated carbocycles. The van der Waals surface area contributed by atoms with Gasteiger partial charge in [0.15, 0.2) is 0 Å². The Kier molecular flexibility index (Phi) is 4.18. The summed E-state index contributed by atoms with van der Waals surface area (Å²) in [5.41, 5.74) is 0. The molecule has 0 aromatic rings. The van der Waals surface area contributed by atoms with Crippen LogP contribution in [-0.4, -0.2) is 37.7 Å². The van der Waals surface area contributed by atoms with Gasteiger partial charge in [-0.1, -0.05) is 0 Å². The van der Waals surface area contributed by atoms with Gasteiger partial charge in [-0.05, 0) is 45.7 Å². The first-order chi connectivity index (χ1) is 7.75. The summed E-state index contributed by atoms with van der Waals surface area (Å²) in [4.78, 5) is 12.0. The van der Waals surface area contributed by atoms with Gasteiger partial charge in [0.25, 0.3) is 0 Å². The van der Waals surface area contributed by atoms with E-state index in [1.165, 1.54) is 0 Å². The summed E-state index contributed by atoms with van der Waals surface area (Å²) in [6.45, 7) is 4.72. The average molecular weight is 226 g/mol. The molecule has 0 aliphatic carbocycles. The summed E-state index contributed by atoms with van der Waals surface area (Å²) >= 11 is 0. The third-order valence-electron chi connectivity index (χ3n) is 3.49. The molecule has 0 aromatic carbocycles. The first-order valence-corrected chi connectivity index (χ1v) is 6.38. The van der Waals surface area contributed by atoms with Gasteiger partial charge < -0.3 is 15.4 Å². The molecule has 16 heavy (non-hydrogen) atoms. The van der Waals surface area contributed by atoms with E-state index in [2.05, 4.69) is 10.6 Å². The van der Waals surface area contributed by atoms with Crippen molar-refractivity contribution < 1.29 is 9.53 Å². The van der Waals surface area contributed by atoms with Gasteiger partial charge in [0.2, 0.25) is 5.91 Å². The molecule has 4 nitrogen and oxygen atoms in total. The second kappa shape index (κ2) is 5.64. The lowest BCUT2D eigenvalue weighted by atomic mass is 10.0. The molecule has 2 saturated heterocycles. The standard InChI is InChI=1S/C12H22N2O2/c1-9-7-10(8-16-9)12(15)14-11-3-2-5-13-6-4-11/h9-11,13H,2-8H2,1H3,(H,14,15). The van der Waals surface area contributed by atoms with Gasteiger partial charge in [-0.15, -0.1) is 0 Å². The van der Waals surface area contributed by atoms with E-state index in [1.807, 2.05) is 6.92 Å². The van der Waals surface area contributed by atoms with Gasteiger partial charge in [0.05, 0.1) is 18.6 Å². The van der Waals surface area contributed by atoms with Crippen LogP contribution in [0.4, 0.5) is 0 Å². The van der Waals surface area contributed by atoms with Crippen LogP contribution >= 0.6 is 0 Å². The summed E-state index contributed by atoms with van der Waals surface area (Å²) in [6.07, 6.45) is 4.42. The van der Waals surface area contributed by atoms with Crippen molar-refractivity contribution in [1.82, 2.24) is 10.6 Å². The first kappa shape index (κ1) is 11.9. The lowest BCUT2D eigenvalue weighted by molar-refractivity contribution is -0.125. The minimum absolute atomic E-state index is 0.0752. The Bertz CT molecular complexity index is 237. The molecule has 2 aliphatic heterocycles. The van der Waals surface area contributed by atoms with Crippen molar-refractivity contribution in [3.63, 3.8) is 0 Å². The first-order valence-electron chi connectivity index (χ1n) is 6.38. The maximum atomic E-state index is 12.0. The van der Waals surface area contributed by atoms with Crippen molar-refractivity contribution in [2.24, 2.45) is 5.92 Å². The second-order valence-corrected chi connectivity index (χ2v) is 4.96. The number of ether oxygens (including phenoxy) is 1. The molecular weight excluding hydrogens is 204 g/mol. The molecule has 0 radical (unpaired) electrons. The van der Waals surface area contributed by atoms with Gasteiger partial charge >= 0.3 is 0 Å². The van der Waals surface area contributed by atoms with Crippen LogP contribution in [0.25, 0.3) is 0 Å². The SMILES string of the molecule is CC1CC(C(=O)NC2CCCNCC2)CO1. The van der Waals surface area contributed by atoms with Crippen LogP contribution in [0.1, 0.15) is 32.6 Å². The Morgan fingerprint density at radius 1 is 1.38 bits per heavy atom. The number of hydrogen-bond donors (Lipinski definition) is 2. The van der Waals surface area contributed by atoms with Crippen LogP contribution in [0.5, 0.6) is 0 Å². The van der Waals surface area contributed by atoms with E-state index in [0.717, 1.165) is 38.8 Å². The average Bonchev–Trinajstić information content (AvgIpc) is 2.54. The molecular formula is C12H22N2O2. The zero-order valence-electron chi connectivity index (χ0n) is 10.00. The van der Waals surface area contributed by atoms with Gasteiger partial charge in [0.1, 0.15) is 0 Å². The van der Waals surface area contributed by atoms with E-state index < -0.39 is 0 Å². The van der Waals surface area contributed by atoms with Crippen molar-refractivity contribution in [1.29, 1.82) is 0 Å². The molecule has 2 aliphatic rings. The monoisotopic (exact) mass is 226 g/mol. The summed E-state index contributed by atoms with van der Waals surface area (Å²) in [6, 6.07) is 0.360. The predicted octanol–water partition coefficient (Wildman–Crippen LogP) is 0.670. The highest BCUT2D eigenvalue weighted by molar-refractivity contribution is 5.79. The van der Waals surface area contributed by atoms with Crippen LogP contribution in [0.15, 0.2) is 0 Å². The number of hydrogen-bond acceptors (Lipinski definition) is 3. The predicted molar refractivity (Wildman–Crippen MR) is 62.2 cm³/mol. The third kappa shape index (κ3) is 3.19. The zero-order chi connectivity index (χ0) is 11.4. The van der Waals surface area contributed by atoms with Crippen molar-refractivity contribution in [2.45, 2.75) is 44.8 Å². The maximum Gasteiger partial charge on any atom is 0.225 e. The summed E-state index contributed by atoms with van der Waals surface area (Å²) in [5, 5.41) is 6.51. The molecule has 0 aromatic heterocycles. The fourth-order valence-corrected chi connectivity index (χ4v) is 2.48. The van der Waals surface area contributed by atoms with Crippen LogP contribution < -0.4 is 10.6 Å². The highest BCUT2D eigenvalue weighted by Gasteiger charge is 2.29. The van der Waals surface area contributed by atoms with Crippen molar-refractivity contribution in [2.75, 3.05) is 19.7 Å². The minimum Gasteiger partial charge on any atom is -0.378 e. The van der Waals surface area contributed by atoms with Crippen LogP contribution in [0, 0.1) is 5.92 Å². The summed E-state index contributed by atoms with van der Waals surface area (Å²) in [7, 11) is 0. The molecule has 0 spiro atoms. The lowest BCUT2D eigenvalue weighted by Crippen LogP contribution is -2.39. The van der Waals surface area contributed by atoms with E-state index >= 15 is 0 Å². The Labute approximate surface area is 97.1 Å². The molecule has 0 bridgehead atoms. The van der Waals surface area contributed by atoms with Crippen LogP contribution in [0.3, 0.4) is 0 Å². The van der Waals surface area contributed by atoms with Crippen molar-refractivity contribution >= 4 is 5.91 Å². The molecule has 2 rings (SSSR count). The smallest absolute Gasteiger partial charge is 0.225 e. The number of amides is 1. The van der Waals surface area contributed by atoms with Crippen LogP contribution in [0.2, 0.25) is 0 Å². The third-order valence-corrected chi connectivity index (χ3v) is 3.49. The fraction of sp³-hybridized carbons (Fsp3) is 0.917. The summed E-state index contributed by atoms with van der Waals surface area (Å²) < 4.78 is 5.43. The zero-order valence-corrected chi connectivity index (χ0v) is 10.00. The van der Waals surface area contributed by atoms with Crippen molar-refractivity contribution in [3.8, 4) is 0 Å². The van der Waals surface area contributed by atoms with E-state index in [1.54, 1.807) is 0 Å². The molecule has 1 amide bonds. The molecule has 4 heteroatoms. The van der Waals surface area contributed by atoms with E-state index in [0.29, 0.717) is 12.6 Å². The number of nitrogens with one attached hydrogen (secondary N) is 2. The Morgan fingerprint density at radius 3 is 3.00 bits per heavy atom. The molecule has 3 atom stereocenters. The number of carbonyl (C=O) groups is 1. The largest absolute Gasteiger partial charge is 0.378 e. The molecule has 2 fully saturated rings. The topological polar surface area (TPSA) is 50.4 Å². The number of carbonyl (C=O) groups excluding carboxylic acids is 1. The Balaban J connectivity index is 1.77.